The minimum absolute atomic E-state index is 0.0537. The van der Waals surface area contributed by atoms with Gasteiger partial charge in [-0.05, 0) is 44.7 Å². The molecule has 5 rings (SSSR count). The zero-order valence-corrected chi connectivity index (χ0v) is 23.8. The van der Waals surface area contributed by atoms with Crippen LogP contribution in [-0.4, -0.2) is 80.4 Å². The quantitative estimate of drug-likeness (QED) is 0.444. The average molecular weight is 552 g/mol. The molecule has 3 heterocycles. The van der Waals surface area contributed by atoms with Crippen molar-refractivity contribution in [3.05, 3.63) is 55.6 Å². The van der Waals surface area contributed by atoms with Crippen LogP contribution in [0.1, 0.15) is 51.9 Å². The van der Waals surface area contributed by atoms with E-state index in [1.807, 2.05) is 35.2 Å². The maximum absolute atomic E-state index is 14.5. The number of thioether (sulfide) groups is 1. The second-order valence-electron chi connectivity index (χ2n) is 11.6. The van der Waals surface area contributed by atoms with Gasteiger partial charge in [0.15, 0.2) is 0 Å². The summed E-state index contributed by atoms with van der Waals surface area (Å²) in [5.74, 6) is -1.50. The number of para-hydroxylation sites is 1. The first-order chi connectivity index (χ1) is 18.8. The fourth-order valence-corrected chi connectivity index (χ4v) is 10.1. The van der Waals surface area contributed by atoms with Crippen LogP contribution in [0, 0.1) is 11.8 Å². The Bertz CT molecular complexity index is 1120. The van der Waals surface area contributed by atoms with Gasteiger partial charge < -0.3 is 19.8 Å². The Balaban J connectivity index is 1.54. The first-order valence-corrected chi connectivity index (χ1v) is 15.1. The van der Waals surface area contributed by atoms with Crippen molar-refractivity contribution in [2.45, 2.75) is 73.4 Å². The highest BCUT2D eigenvalue weighted by Gasteiger charge is 2.77. The number of hydrogen-bond acceptors (Lipinski definition) is 5. The van der Waals surface area contributed by atoms with Crippen LogP contribution in [0.25, 0.3) is 0 Å². The smallest absolute Gasteiger partial charge is 0.247 e. The number of carbonyl (C=O) groups excluding carboxylic acids is 3. The van der Waals surface area contributed by atoms with Gasteiger partial charge in [-0.25, -0.2) is 0 Å². The van der Waals surface area contributed by atoms with Crippen molar-refractivity contribution in [1.82, 2.24) is 9.80 Å². The predicted octanol–water partition coefficient (Wildman–Crippen LogP) is 4.03. The highest BCUT2D eigenvalue weighted by Crippen LogP contribution is 2.71. The molecular weight excluding hydrogens is 510 g/mol. The van der Waals surface area contributed by atoms with E-state index in [9.17, 15) is 19.5 Å². The van der Waals surface area contributed by atoms with Crippen molar-refractivity contribution in [3.63, 3.8) is 0 Å². The number of aliphatic hydroxyl groups is 1. The van der Waals surface area contributed by atoms with Crippen molar-refractivity contribution in [2.75, 3.05) is 31.1 Å². The lowest BCUT2D eigenvalue weighted by molar-refractivity contribution is -0.144. The molecule has 3 saturated heterocycles. The van der Waals surface area contributed by atoms with Crippen LogP contribution in [0.15, 0.2) is 55.6 Å². The monoisotopic (exact) mass is 551 g/mol. The van der Waals surface area contributed by atoms with Gasteiger partial charge in [0, 0.05) is 36.1 Å². The van der Waals surface area contributed by atoms with Gasteiger partial charge >= 0.3 is 0 Å². The maximum Gasteiger partial charge on any atom is 0.247 e. The van der Waals surface area contributed by atoms with E-state index < -0.39 is 27.4 Å². The van der Waals surface area contributed by atoms with Gasteiger partial charge in [0.25, 0.3) is 0 Å². The van der Waals surface area contributed by atoms with Crippen molar-refractivity contribution < 1.29 is 19.5 Å². The normalized spacial score (nSPS) is 31.7. The Morgan fingerprint density at radius 2 is 1.77 bits per heavy atom. The van der Waals surface area contributed by atoms with E-state index in [4.69, 9.17) is 0 Å². The molecule has 1 N–H and O–H groups in total. The molecular formula is C31H41N3O4S. The molecule has 39 heavy (non-hydrogen) atoms. The second-order valence-corrected chi connectivity index (χ2v) is 13.5. The maximum atomic E-state index is 14.5. The molecule has 4 aliphatic rings. The zero-order valence-electron chi connectivity index (χ0n) is 23.0. The Morgan fingerprint density at radius 3 is 2.41 bits per heavy atom. The van der Waals surface area contributed by atoms with E-state index >= 15 is 0 Å². The van der Waals surface area contributed by atoms with Crippen LogP contribution in [0.4, 0.5) is 5.69 Å². The van der Waals surface area contributed by atoms with Crippen LogP contribution in [0.5, 0.6) is 0 Å². The lowest BCUT2D eigenvalue weighted by atomic mass is 9.66. The number of benzene rings is 1. The van der Waals surface area contributed by atoms with E-state index in [1.54, 1.807) is 33.7 Å². The predicted molar refractivity (Wildman–Crippen MR) is 155 cm³/mol. The molecule has 210 valence electrons. The lowest BCUT2D eigenvalue weighted by Gasteiger charge is -2.41. The number of hydrogen-bond donors (Lipinski definition) is 1. The van der Waals surface area contributed by atoms with Crippen LogP contribution in [-0.2, 0) is 14.4 Å². The number of fused-ring (bicyclic) bond motifs is 1. The molecule has 3 amide bonds. The summed E-state index contributed by atoms with van der Waals surface area (Å²) in [6, 6.07) is 8.94. The first-order valence-electron chi connectivity index (χ1n) is 14.3. The Hall–Kier alpha value is -2.58. The number of anilines is 1. The van der Waals surface area contributed by atoms with Gasteiger partial charge in [-0.15, -0.1) is 24.9 Å². The molecule has 1 aliphatic carbocycles. The van der Waals surface area contributed by atoms with Crippen LogP contribution >= 0.6 is 11.8 Å². The van der Waals surface area contributed by atoms with Crippen LogP contribution in [0.3, 0.4) is 0 Å². The van der Waals surface area contributed by atoms with Gasteiger partial charge in [-0.2, -0.15) is 0 Å². The summed E-state index contributed by atoms with van der Waals surface area (Å²) >= 11 is 1.68. The topological polar surface area (TPSA) is 81.2 Å². The van der Waals surface area contributed by atoms with E-state index in [1.165, 1.54) is 6.42 Å². The number of likely N-dealkylation sites (tertiary alicyclic amines) is 1. The summed E-state index contributed by atoms with van der Waals surface area (Å²) in [4.78, 5) is 48.4. The average Bonchev–Trinajstić information content (AvgIpc) is 3.51. The largest absolute Gasteiger partial charge is 0.395 e. The van der Waals surface area contributed by atoms with Crippen LogP contribution < -0.4 is 4.90 Å². The van der Waals surface area contributed by atoms with Gasteiger partial charge in [0.05, 0.1) is 23.2 Å². The third-order valence-electron chi connectivity index (χ3n) is 9.39. The molecule has 2 bridgehead atoms. The van der Waals surface area contributed by atoms with E-state index in [2.05, 4.69) is 20.1 Å². The number of aliphatic hydroxyl groups excluding tert-OH is 1. The van der Waals surface area contributed by atoms with Gasteiger partial charge in [-0.1, -0.05) is 49.6 Å². The SMILES string of the molecule is C=CCN(C(=O)[C@@H]1[C@H]2C(=O)N(CCO)C(C(=O)N(CC=C)C3CCCCC3)C23CC[C@@]1(C)S3)c1ccccc1. The van der Waals surface area contributed by atoms with Gasteiger partial charge in [0.2, 0.25) is 17.7 Å². The minimum atomic E-state index is -0.696. The molecule has 8 heteroatoms. The molecule has 2 unspecified atom stereocenters. The minimum Gasteiger partial charge on any atom is -0.395 e. The summed E-state index contributed by atoms with van der Waals surface area (Å²) in [5.41, 5.74) is 0.771. The standard InChI is InChI=1S/C31H41N3O4S/c1-4-18-32(22-12-8-6-9-13-22)27(36)24-25-28(37)34(20-21-35)26(31(25)17-16-30(24,3)39-31)29(38)33(19-5-2)23-14-10-7-11-15-23/h4-6,8-9,12-13,23-26,35H,1-2,7,10-11,14-21H2,3H3/t24-,25-,26?,30+,31?/m0/s1. The highest BCUT2D eigenvalue weighted by molar-refractivity contribution is 8.02. The summed E-state index contributed by atoms with van der Waals surface area (Å²) in [6.07, 6.45) is 10.2. The Morgan fingerprint density at radius 1 is 1.08 bits per heavy atom. The van der Waals surface area contributed by atoms with E-state index in [0.717, 1.165) is 37.8 Å². The van der Waals surface area contributed by atoms with E-state index in [0.29, 0.717) is 19.5 Å². The third-order valence-corrected chi connectivity index (χ3v) is 11.4. The number of nitrogens with zero attached hydrogens (tertiary/aromatic N) is 3. The first kappa shape index (κ1) is 28.0. The fourth-order valence-electron chi connectivity index (χ4n) is 7.76. The number of carbonyl (C=O) groups is 3. The molecule has 1 spiro atoms. The van der Waals surface area contributed by atoms with Gasteiger partial charge in [0.1, 0.15) is 6.04 Å². The molecule has 5 atom stereocenters. The molecule has 1 saturated carbocycles. The Labute approximate surface area is 236 Å². The van der Waals surface area contributed by atoms with E-state index in [-0.39, 0.29) is 36.9 Å². The van der Waals surface area contributed by atoms with Crippen molar-refractivity contribution >= 4 is 35.2 Å². The molecule has 0 radical (unpaired) electrons. The summed E-state index contributed by atoms with van der Waals surface area (Å²) < 4.78 is -1.15. The number of rotatable bonds is 10. The highest BCUT2D eigenvalue weighted by atomic mass is 32.2. The Kier molecular flexibility index (Phi) is 7.98. The summed E-state index contributed by atoms with van der Waals surface area (Å²) in [6.45, 7) is 10.5. The van der Waals surface area contributed by atoms with Crippen LogP contribution in [0.2, 0.25) is 0 Å². The molecule has 4 fully saturated rings. The summed E-state index contributed by atoms with van der Waals surface area (Å²) in [7, 11) is 0. The number of amides is 3. The van der Waals surface area contributed by atoms with Gasteiger partial charge in [-0.3, -0.25) is 14.4 Å². The molecule has 1 aromatic carbocycles. The number of β-amino-alcohol motifs (C(OH)–C–C–N with tert-alkyl or cyclic N) is 1. The third kappa shape index (κ3) is 4.53. The second kappa shape index (κ2) is 11.1. The molecule has 0 aromatic heterocycles. The summed E-state index contributed by atoms with van der Waals surface area (Å²) in [5, 5.41) is 9.97. The molecule has 3 aliphatic heterocycles. The molecule has 1 aromatic rings. The van der Waals surface area contributed by atoms with Crippen molar-refractivity contribution in [3.8, 4) is 0 Å². The zero-order chi connectivity index (χ0) is 27.8. The van der Waals surface area contributed by atoms with Crippen molar-refractivity contribution in [2.24, 2.45) is 11.8 Å². The fraction of sp³-hybridized carbons (Fsp3) is 0.581. The van der Waals surface area contributed by atoms with Crippen molar-refractivity contribution in [1.29, 1.82) is 0 Å². The molecule has 7 nitrogen and oxygen atoms in total. The lowest BCUT2D eigenvalue weighted by Crippen LogP contribution is -2.57.